The molecule has 0 heterocycles. The molecule has 0 atom stereocenters. The first-order chi connectivity index (χ1) is 7.84. The lowest BCUT2D eigenvalue weighted by Crippen LogP contribution is -2.11. The van der Waals surface area contributed by atoms with E-state index >= 15 is 0 Å². The third-order valence-corrected chi connectivity index (χ3v) is 4.11. The van der Waals surface area contributed by atoms with Gasteiger partial charge in [0.05, 0.1) is 12.7 Å². The SMILES string of the molecule is COc1ccc(CC2(O)CC2)cc1S(C)(=O)=O. The van der Waals surface area contributed by atoms with Crippen LogP contribution in [0.15, 0.2) is 23.1 Å². The zero-order chi connectivity index (χ0) is 12.7. The van der Waals surface area contributed by atoms with E-state index in [9.17, 15) is 13.5 Å². The molecule has 1 aliphatic rings. The summed E-state index contributed by atoms with van der Waals surface area (Å²) in [5.41, 5.74) is 0.204. The second-order valence-electron chi connectivity index (χ2n) is 4.66. The Labute approximate surface area is 101 Å². The highest BCUT2D eigenvalue weighted by atomic mass is 32.2. The summed E-state index contributed by atoms with van der Waals surface area (Å²) in [5.74, 6) is 0.346. The molecule has 0 spiro atoms. The Bertz CT molecular complexity index is 529. The molecule has 1 aromatic carbocycles. The lowest BCUT2D eigenvalue weighted by atomic mass is 10.1. The van der Waals surface area contributed by atoms with Crippen LogP contribution in [0.3, 0.4) is 0 Å². The Hall–Kier alpha value is -1.07. The normalized spacial score (nSPS) is 17.8. The number of aliphatic hydroxyl groups is 1. The number of hydrogen-bond donors (Lipinski definition) is 1. The average Bonchev–Trinajstić information content (AvgIpc) is 2.95. The molecule has 1 N–H and O–H groups in total. The van der Waals surface area contributed by atoms with E-state index in [2.05, 4.69) is 0 Å². The van der Waals surface area contributed by atoms with Gasteiger partial charge in [-0.25, -0.2) is 8.42 Å². The molecule has 4 nitrogen and oxygen atoms in total. The van der Waals surface area contributed by atoms with Gasteiger partial charge in [0.1, 0.15) is 10.6 Å². The van der Waals surface area contributed by atoms with E-state index < -0.39 is 15.4 Å². The fraction of sp³-hybridized carbons (Fsp3) is 0.500. The van der Waals surface area contributed by atoms with Crippen LogP contribution in [0.25, 0.3) is 0 Å². The number of hydrogen-bond acceptors (Lipinski definition) is 4. The van der Waals surface area contributed by atoms with Crippen molar-refractivity contribution in [3.63, 3.8) is 0 Å². The van der Waals surface area contributed by atoms with Crippen LogP contribution < -0.4 is 4.74 Å². The molecule has 1 saturated carbocycles. The minimum absolute atomic E-state index is 0.182. The third-order valence-electron chi connectivity index (χ3n) is 2.99. The summed E-state index contributed by atoms with van der Waals surface area (Å²) >= 11 is 0. The summed E-state index contributed by atoms with van der Waals surface area (Å²) in [6, 6.07) is 5.02. The first-order valence-corrected chi connectivity index (χ1v) is 7.33. The van der Waals surface area contributed by atoms with E-state index in [4.69, 9.17) is 4.74 Å². The van der Waals surface area contributed by atoms with Gasteiger partial charge in [0.15, 0.2) is 9.84 Å². The van der Waals surface area contributed by atoms with E-state index in [1.54, 1.807) is 18.2 Å². The van der Waals surface area contributed by atoms with Gasteiger partial charge < -0.3 is 9.84 Å². The van der Waals surface area contributed by atoms with E-state index in [1.807, 2.05) is 0 Å². The van der Waals surface area contributed by atoms with Crippen LogP contribution in [-0.2, 0) is 16.3 Å². The van der Waals surface area contributed by atoms with Gasteiger partial charge in [-0.1, -0.05) is 6.07 Å². The molecule has 94 valence electrons. The van der Waals surface area contributed by atoms with E-state index in [1.165, 1.54) is 7.11 Å². The minimum atomic E-state index is -3.31. The molecule has 0 bridgehead atoms. The monoisotopic (exact) mass is 256 g/mol. The molecule has 0 radical (unpaired) electrons. The lowest BCUT2D eigenvalue weighted by Gasteiger charge is -2.11. The van der Waals surface area contributed by atoms with Crippen LogP contribution in [0.2, 0.25) is 0 Å². The summed E-state index contributed by atoms with van der Waals surface area (Å²) in [6.45, 7) is 0. The quantitative estimate of drug-likeness (QED) is 0.878. The Kier molecular flexibility index (Phi) is 2.91. The second kappa shape index (κ2) is 3.99. The van der Waals surface area contributed by atoms with Gasteiger partial charge in [0.2, 0.25) is 0 Å². The molecule has 2 rings (SSSR count). The van der Waals surface area contributed by atoms with Gasteiger partial charge in [0.25, 0.3) is 0 Å². The predicted octanol–water partition coefficient (Wildman–Crippen LogP) is 1.17. The van der Waals surface area contributed by atoms with Crippen LogP contribution in [0, 0.1) is 0 Å². The van der Waals surface area contributed by atoms with Gasteiger partial charge in [0, 0.05) is 12.7 Å². The topological polar surface area (TPSA) is 63.6 Å². The van der Waals surface area contributed by atoms with Gasteiger partial charge in [-0.05, 0) is 30.5 Å². The largest absolute Gasteiger partial charge is 0.495 e. The van der Waals surface area contributed by atoms with Gasteiger partial charge in [-0.3, -0.25) is 0 Å². The predicted molar refractivity (Wildman–Crippen MR) is 64.0 cm³/mol. The smallest absolute Gasteiger partial charge is 0.179 e. The zero-order valence-corrected chi connectivity index (χ0v) is 10.8. The molecule has 0 amide bonds. The molecule has 0 unspecified atom stereocenters. The van der Waals surface area contributed by atoms with Crippen LogP contribution in [0.1, 0.15) is 18.4 Å². The van der Waals surface area contributed by atoms with Gasteiger partial charge in [-0.15, -0.1) is 0 Å². The fourth-order valence-corrected chi connectivity index (χ4v) is 2.70. The molecule has 0 aliphatic heterocycles. The zero-order valence-electron chi connectivity index (χ0n) is 9.93. The van der Waals surface area contributed by atoms with Crippen molar-refractivity contribution in [3.05, 3.63) is 23.8 Å². The number of methoxy groups -OCH3 is 1. The van der Waals surface area contributed by atoms with Crippen molar-refractivity contribution in [2.75, 3.05) is 13.4 Å². The Morgan fingerprint density at radius 3 is 2.53 bits per heavy atom. The lowest BCUT2D eigenvalue weighted by molar-refractivity contribution is 0.151. The standard InChI is InChI=1S/C12H16O4S/c1-16-10-4-3-9(8-12(13)5-6-12)7-11(10)17(2,14)15/h3-4,7,13H,5-6,8H2,1-2H3. The third kappa shape index (κ3) is 2.79. The van der Waals surface area contributed by atoms with Crippen LogP contribution >= 0.6 is 0 Å². The summed E-state index contributed by atoms with van der Waals surface area (Å²) in [4.78, 5) is 0.182. The Balaban J connectivity index is 2.38. The molecule has 0 aromatic heterocycles. The van der Waals surface area contributed by atoms with Crippen molar-refractivity contribution < 1.29 is 18.3 Å². The number of rotatable bonds is 4. The average molecular weight is 256 g/mol. The first kappa shape index (κ1) is 12.4. The maximum atomic E-state index is 11.6. The highest BCUT2D eigenvalue weighted by Gasteiger charge is 2.40. The van der Waals surface area contributed by atoms with E-state index in [-0.39, 0.29) is 4.90 Å². The molecular formula is C12H16O4S. The summed E-state index contributed by atoms with van der Waals surface area (Å²) in [5, 5.41) is 9.82. The van der Waals surface area contributed by atoms with Crippen molar-refractivity contribution >= 4 is 9.84 Å². The van der Waals surface area contributed by atoms with Crippen molar-refractivity contribution in [2.24, 2.45) is 0 Å². The maximum absolute atomic E-state index is 11.6. The molecule has 1 fully saturated rings. The van der Waals surface area contributed by atoms with Crippen molar-refractivity contribution in [1.29, 1.82) is 0 Å². The van der Waals surface area contributed by atoms with Crippen LogP contribution in [0.4, 0.5) is 0 Å². The summed E-state index contributed by atoms with van der Waals surface area (Å²) in [7, 11) is -1.87. The van der Waals surface area contributed by atoms with E-state index in [0.29, 0.717) is 12.2 Å². The Morgan fingerprint density at radius 2 is 2.06 bits per heavy atom. The Morgan fingerprint density at radius 1 is 1.41 bits per heavy atom. The van der Waals surface area contributed by atoms with Crippen molar-refractivity contribution in [2.45, 2.75) is 29.8 Å². The molecular weight excluding hydrogens is 240 g/mol. The van der Waals surface area contributed by atoms with E-state index in [0.717, 1.165) is 24.7 Å². The van der Waals surface area contributed by atoms with Crippen LogP contribution in [0.5, 0.6) is 5.75 Å². The van der Waals surface area contributed by atoms with Gasteiger partial charge >= 0.3 is 0 Å². The van der Waals surface area contributed by atoms with Crippen molar-refractivity contribution in [1.82, 2.24) is 0 Å². The highest BCUT2D eigenvalue weighted by molar-refractivity contribution is 7.90. The summed E-state index contributed by atoms with van der Waals surface area (Å²) in [6.07, 6.45) is 3.22. The summed E-state index contributed by atoms with van der Waals surface area (Å²) < 4.78 is 28.2. The molecule has 1 aliphatic carbocycles. The van der Waals surface area contributed by atoms with Crippen molar-refractivity contribution in [3.8, 4) is 5.75 Å². The first-order valence-electron chi connectivity index (χ1n) is 5.43. The molecule has 1 aromatic rings. The fourth-order valence-electron chi connectivity index (χ4n) is 1.82. The molecule has 0 saturated heterocycles. The maximum Gasteiger partial charge on any atom is 0.179 e. The van der Waals surface area contributed by atoms with Gasteiger partial charge in [-0.2, -0.15) is 0 Å². The molecule has 17 heavy (non-hydrogen) atoms. The number of benzene rings is 1. The number of sulfone groups is 1. The molecule has 5 heteroatoms. The highest BCUT2D eigenvalue weighted by Crippen LogP contribution is 2.39. The number of ether oxygens (including phenoxy) is 1. The second-order valence-corrected chi connectivity index (χ2v) is 6.64. The van der Waals surface area contributed by atoms with Crippen LogP contribution in [-0.4, -0.2) is 32.5 Å². The minimum Gasteiger partial charge on any atom is -0.495 e.